The number of ether oxygens (including phenoxy) is 3. The number of quaternary nitrogens is 1. The molecule has 1 heterocycles. The van der Waals surface area contributed by atoms with E-state index in [1.807, 2.05) is 12.1 Å². The molecule has 1 aromatic rings. The lowest BCUT2D eigenvalue weighted by molar-refractivity contribution is -0.915. The summed E-state index contributed by atoms with van der Waals surface area (Å²) in [6.45, 7) is 10.6. The molecular weight excluding hydrogens is 278 g/mol. The molecule has 1 saturated heterocycles. The van der Waals surface area contributed by atoms with E-state index < -0.39 is 0 Å². The molecule has 0 spiro atoms. The van der Waals surface area contributed by atoms with E-state index in [4.69, 9.17) is 14.2 Å². The molecule has 0 radical (unpaired) electrons. The van der Waals surface area contributed by atoms with Gasteiger partial charge in [-0.25, -0.2) is 0 Å². The van der Waals surface area contributed by atoms with Gasteiger partial charge < -0.3 is 19.1 Å². The number of nitrogens with one attached hydrogen (secondary N) is 1. The Morgan fingerprint density at radius 3 is 2.55 bits per heavy atom. The lowest BCUT2D eigenvalue weighted by Crippen LogP contribution is -3.15. The fourth-order valence-corrected chi connectivity index (χ4v) is 3.15. The van der Waals surface area contributed by atoms with Gasteiger partial charge in [0.1, 0.15) is 25.3 Å². The molecule has 1 N–H and O–H groups in total. The van der Waals surface area contributed by atoms with E-state index in [0.717, 1.165) is 37.6 Å². The van der Waals surface area contributed by atoms with E-state index in [1.54, 1.807) is 12.0 Å². The molecule has 4 nitrogen and oxygen atoms in total. The van der Waals surface area contributed by atoms with Crippen molar-refractivity contribution < 1.29 is 19.1 Å². The third-order valence-electron chi connectivity index (χ3n) is 4.12. The topological polar surface area (TPSA) is 32.1 Å². The Balaban J connectivity index is 1.67. The number of rotatable bonds is 7. The highest BCUT2D eigenvalue weighted by Crippen LogP contribution is 2.27. The van der Waals surface area contributed by atoms with Gasteiger partial charge in [0.05, 0.1) is 20.3 Å². The Bertz CT molecular complexity index is 454. The van der Waals surface area contributed by atoms with Crippen LogP contribution in [0.1, 0.15) is 32.3 Å². The van der Waals surface area contributed by atoms with Gasteiger partial charge >= 0.3 is 0 Å². The third kappa shape index (κ3) is 5.18. The summed E-state index contributed by atoms with van der Waals surface area (Å²) < 4.78 is 17.0. The fraction of sp³-hybridized carbons (Fsp3) is 0.667. The second-order valence-electron chi connectivity index (χ2n) is 6.38. The molecule has 1 aromatic carbocycles. The van der Waals surface area contributed by atoms with Crippen molar-refractivity contribution in [3.63, 3.8) is 0 Å². The summed E-state index contributed by atoms with van der Waals surface area (Å²) in [5.41, 5.74) is 1.18. The molecule has 2 rings (SSSR count). The molecule has 3 atom stereocenters. The molecule has 22 heavy (non-hydrogen) atoms. The van der Waals surface area contributed by atoms with Crippen molar-refractivity contribution in [2.75, 3.05) is 33.4 Å². The maximum atomic E-state index is 5.86. The van der Waals surface area contributed by atoms with E-state index in [-0.39, 0.29) is 0 Å². The standard InChI is InChI=1S/C18H29NO3/c1-14-7-8-17(18(11-14)20-4)21-10-6-5-9-19-12-15(2)22-16(3)13-19/h7-8,11,15-16H,5-6,9-10,12-13H2,1-4H3/p+1/t15-,16+. The van der Waals surface area contributed by atoms with Gasteiger partial charge in [0.15, 0.2) is 11.5 Å². The van der Waals surface area contributed by atoms with Crippen molar-refractivity contribution in [2.24, 2.45) is 0 Å². The molecule has 1 unspecified atom stereocenters. The van der Waals surface area contributed by atoms with E-state index in [2.05, 4.69) is 26.8 Å². The summed E-state index contributed by atoms with van der Waals surface area (Å²) >= 11 is 0. The zero-order valence-corrected chi connectivity index (χ0v) is 14.4. The minimum Gasteiger partial charge on any atom is -0.493 e. The second kappa shape index (κ2) is 8.39. The van der Waals surface area contributed by atoms with Crippen molar-refractivity contribution in [3.05, 3.63) is 23.8 Å². The highest BCUT2D eigenvalue weighted by Gasteiger charge is 2.24. The summed E-state index contributed by atoms with van der Waals surface area (Å²) in [4.78, 5) is 1.65. The molecule has 124 valence electrons. The Hall–Kier alpha value is -1.26. The molecule has 0 bridgehead atoms. The summed E-state index contributed by atoms with van der Waals surface area (Å²) in [5, 5.41) is 0. The van der Waals surface area contributed by atoms with Crippen molar-refractivity contribution >= 4 is 0 Å². The van der Waals surface area contributed by atoms with Crippen LogP contribution in [-0.2, 0) is 4.74 Å². The first-order valence-corrected chi connectivity index (χ1v) is 8.35. The van der Waals surface area contributed by atoms with Gasteiger partial charge in [-0.05, 0) is 51.3 Å². The average molecular weight is 308 g/mol. The Kier molecular flexibility index (Phi) is 6.52. The molecule has 4 heteroatoms. The first-order chi connectivity index (χ1) is 10.6. The van der Waals surface area contributed by atoms with Crippen molar-refractivity contribution in [1.29, 1.82) is 0 Å². The first-order valence-electron chi connectivity index (χ1n) is 8.35. The number of morpholine rings is 1. The smallest absolute Gasteiger partial charge is 0.161 e. The number of benzene rings is 1. The van der Waals surface area contributed by atoms with Gasteiger partial charge in [0.2, 0.25) is 0 Å². The van der Waals surface area contributed by atoms with Crippen molar-refractivity contribution in [2.45, 2.75) is 45.8 Å². The highest BCUT2D eigenvalue weighted by atomic mass is 16.5. The van der Waals surface area contributed by atoms with E-state index in [1.165, 1.54) is 18.5 Å². The van der Waals surface area contributed by atoms with Crippen LogP contribution in [0.3, 0.4) is 0 Å². The van der Waals surface area contributed by atoms with E-state index in [0.29, 0.717) is 12.2 Å². The van der Waals surface area contributed by atoms with Crippen molar-refractivity contribution in [1.82, 2.24) is 0 Å². The summed E-state index contributed by atoms with van der Waals surface area (Å²) in [5.74, 6) is 1.66. The van der Waals surface area contributed by atoms with Gasteiger partial charge in [-0.15, -0.1) is 0 Å². The van der Waals surface area contributed by atoms with Crippen LogP contribution in [0.15, 0.2) is 18.2 Å². The lowest BCUT2D eigenvalue weighted by Gasteiger charge is -2.32. The van der Waals surface area contributed by atoms with Crippen LogP contribution in [-0.4, -0.2) is 45.6 Å². The predicted molar refractivity (Wildman–Crippen MR) is 88.0 cm³/mol. The van der Waals surface area contributed by atoms with Gasteiger partial charge in [-0.3, -0.25) is 0 Å². The number of hydrogen-bond donors (Lipinski definition) is 1. The average Bonchev–Trinajstić information content (AvgIpc) is 2.47. The second-order valence-corrected chi connectivity index (χ2v) is 6.38. The van der Waals surface area contributed by atoms with Crippen LogP contribution >= 0.6 is 0 Å². The Labute approximate surface area is 134 Å². The Morgan fingerprint density at radius 1 is 1.14 bits per heavy atom. The number of unbranched alkanes of at least 4 members (excludes halogenated alkanes) is 1. The van der Waals surface area contributed by atoms with Gasteiger partial charge in [0.25, 0.3) is 0 Å². The van der Waals surface area contributed by atoms with Crippen LogP contribution < -0.4 is 14.4 Å². The van der Waals surface area contributed by atoms with Crippen LogP contribution in [0.25, 0.3) is 0 Å². The Morgan fingerprint density at radius 2 is 1.86 bits per heavy atom. The van der Waals surface area contributed by atoms with Gasteiger partial charge in [-0.2, -0.15) is 0 Å². The predicted octanol–water partition coefficient (Wildman–Crippen LogP) is 1.85. The normalized spacial score (nSPS) is 25.0. The lowest BCUT2D eigenvalue weighted by atomic mass is 10.2. The summed E-state index contributed by atoms with van der Waals surface area (Å²) in [7, 11) is 1.69. The summed E-state index contributed by atoms with van der Waals surface area (Å²) in [6.07, 6.45) is 3.02. The highest BCUT2D eigenvalue weighted by molar-refractivity contribution is 5.42. The molecular formula is C18H30NO3+. The monoisotopic (exact) mass is 308 g/mol. The van der Waals surface area contributed by atoms with Crippen LogP contribution in [0.5, 0.6) is 11.5 Å². The zero-order valence-electron chi connectivity index (χ0n) is 14.4. The van der Waals surface area contributed by atoms with Crippen LogP contribution in [0, 0.1) is 6.92 Å². The van der Waals surface area contributed by atoms with Crippen LogP contribution in [0.4, 0.5) is 0 Å². The van der Waals surface area contributed by atoms with E-state index >= 15 is 0 Å². The summed E-state index contributed by atoms with van der Waals surface area (Å²) in [6, 6.07) is 6.05. The number of methoxy groups -OCH3 is 1. The maximum Gasteiger partial charge on any atom is 0.161 e. The number of aryl methyl sites for hydroxylation is 1. The molecule has 1 aliphatic rings. The third-order valence-corrected chi connectivity index (χ3v) is 4.12. The quantitative estimate of drug-likeness (QED) is 0.780. The molecule has 0 aromatic heterocycles. The molecule has 0 aliphatic carbocycles. The maximum absolute atomic E-state index is 5.86. The minimum atomic E-state index is 0.381. The molecule has 1 fully saturated rings. The van der Waals surface area contributed by atoms with E-state index in [9.17, 15) is 0 Å². The van der Waals surface area contributed by atoms with Gasteiger partial charge in [-0.1, -0.05) is 6.07 Å². The molecule has 1 aliphatic heterocycles. The first kappa shape index (κ1) is 17.1. The SMILES string of the molecule is COc1cc(C)ccc1OCCCC[NH+]1C[C@@H](C)O[C@@H](C)C1. The largest absolute Gasteiger partial charge is 0.493 e. The van der Waals surface area contributed by atoms with Gasteiger partial charge in [0, 0.05) is 0 Å². The van der Waals surface area contributed by atoms with Crippen molar-refractivity contribution in [3.8, 4) is 11.5 Å². The molecule has 0 amide bonds. The molecule has 0 saturated carbocycles. The zero-order chi connectivity index (χ0) is 15.9. The van der Waals surface area contributed by atoms with Crippen LogP contribution in [0.2, 0.25) is 0 Å². The number of hydrogen-bond acceptors (Lipinski definition) is 3. The minimum absolute atomic E-state index is 0.381. The fourth-order valence-electron chi connectivity index (χ4n) is 3.15.